The third-order valence-electron chi connectivity index (χ3n) is 3.78. The Morgan fingerprint density at radius 2 is 1.14 bits per heavy atom. The number of rotatable bonds is 2. The van der Waals surface area contributed by atoms with Gasteiger partial charge < -0.3 is 0 Å². The molecule has 1 heterocycles. The van der Waals surface area contributed by atoms with Gasteiger partial charge in [-0.05, 0) is 71.5 Å². The normalized spacial score (nSPS) is 13.6. The number of aryl methyl sites for hydroxylation is 2. The zero-order valence-electron chi connectivity index (χ0n) is 13.2. The van der Waals surface area contributed by atoms with Crippen LogP contribution >= 0.6 is 21.6 Å². The fourth-order valence-corrected chi connectivity index (χ4v) is 5.11. The third kappa shape index (κ3) is 2.73. The lowest BCUT2D eigenvalue weighted by molar-refractivity contribution is 1.29. The summed E-state index contributed by atoms with van der Waals surface area (Å²) in [5.74, 6) is 0. The second-order valence-corrected chi connectivity index (χ2v) is 7.56. The molecular weight excluding hydrogens is 308 g/mol. The maximum Gasteiger partial charge on any atom is 0.0284 e. The molecule has 0 aromatic heterocycles. The summed E-state index contributed by atoms with van der Waals surface area (Å²) in [4.78, 5) is 11.0. The van der Waals surface area contributed by atoms with Gasteiger partial charge >= 0.3 is 0 Å². The first-order chi connectivity index (χ1) is 10.6. The molecule has 0 spiro atoms. The molecule has 1 aliphatic heterocycles. The Labute approximate surface area is 139 Å². The SMILES string of the molecule is CN=Cc1cc2c(cc1C)SSc1cc(C)c(C=NC)cc1-2. The predicted molar refractivity (Wildman–Crippen MR) is 100 cm³/mol. The van der Waals surface area contributed by atoms with Crippen LogP contribution in [0.25, 0.3) is 11.1 Å². The van der Waals surface area contributed by atoms with Crippen LogP contribution in [0.2, 0.25) is 0 Å². The van der Waals surface area contributed by atoms with Crippen molar-refractivity contribution in [3.05, 3.63) is 46.5 Å². The van der Waals surface area contributed by atoms with Gasteiger partial charge in [0.05, 0.1) is 0 Å². The summed E-state index contributed by atoms with van der Waals surface area (Å²) in [6.07, 6.45) is 3.87. The van der Waals surface area contributed by atoms with Crippen LogP contribution in [-0.4, -0.2) is 26.5 Å². The molecule has 0 N–H and O–H groups in total. The first-order valence-electron chi connectivity index (χ1n) is 7.12. The first kappa shape index (κ1) is 15.4. The molecule has 0 unspecified atom stereocenters. The van der Waals surface area contributed by atoms with Crippen LogP contribution in [0.3, 0.4) is 0 Å². The molecule has 2 nitrogen and oxygen atoms in total. The molecule has 0 radical (unpaired) electrons. The fourth-order valence-electron chi connectivity index (χ4n) is 2.60. The number of hydrogen-bond donors (Lipinski definition) is 0. The van der Waals surface area contributed by atoms with E-state index in [1.54, 1.807) is 0 Å². The van der Waals surface area contributed by atoms with Gasteiger partial charge in [-0.2, -0.15) is 0 Å². The van der Waals surface area contributed by atoms with Crippen molar-refractivity contribution in [2.45, 2.75) is 23.6 Å². The topological polar surface area (TPSA) is 24.7 Å². The lowest BCUT2D eigenvalue weighted by Crippen LogP contribution is -1.98. The van der Waals surface area contributed by atoms with E-state index >= 15 is 0 Å². The van der Waals surface area contributed by atoms with Crippen molar-refractivity contribution >= 4 is 34.0 Å². The van der Waals surface area contributed by atoms with Crippen molar-refractivity contribution < 1.29 is 0 Å². The molecule has 1 aliphatic rings. The second kappa shape index (κ2) is 6.31. The molecule has 0 bridgehead atoms. The Kier molecular flexibility index (Phi) is 4.41. The van der Waals surface area contributed by atoms with Crippen molar-refractivity contribution in [3.63, 3.8) is 0 Å². The van der Waals surface area contributed by atoms with Crippen LogP contribution in [0.4, 0.5) is 0 Å². The average molecular weight is 326 g/mol. The van der Waals surface area contributed by atoms with E-state index in [2.05, 4.69) is 48.1 Å². The van der Waals surface area contributed by atoms with Crippen LogP contribution < -0.4 is 0 Å². The molecule has 2 aromatic rings. The number of nitrogens with zero attached hydrogens (tertiary/aromatic N) is 2. The van der Waals surface area contributed by atoms with Crippen molar-refractivity contribution in [3.8, 4) is 11.1 Å². The summed E-state index contributed by atoms with van der Waals surface area (Å²) >= 11 is 0. The van der Waals surface area contributed by atoms with Crippen molar-refractivity contribution in [1.82, 2.24) is 0 Å². The highest BCUT2D eigenvalue weighted by Crippen LogP contribution is 2.52. The molecule has 0 fully saturated rings. The van der Waals surface area contributed by atoms with E-state index in [0.717, 1.165) is 0 Å². The third-order valence-corrected chi connectivity index (χ3v) is 6.23. The molecule has 4 heteroatoms. The smallest absolute Gasteiger partial charge is 0.0284 e. The van der Waals surface area contributed by atoms with E-state index in [1.165, 1.54) is 43.2 Å². The molecule has 0 aliphatic carbocycles. The maximum atomic E-state index is 4.17. The molecule has 2 aromatic carbocycles. The molecule has 112 valence electrons. The Hall–Kier alpha value is -1.52. The Balaban J connectivity index is 2.23. The van der Waals surface area contributed by atoms with Gasteiger partial charge in [-0.25, -0.2) is 0 Å². The van der Waals surface area contributed by atoms with Gasteiger partial charge in [0.15, 0.2) is 0 Å². The number of aliphatic imine (C=N–C) groups is 2. The van der Waals surface area contributed by atoms with Gasteiger partial charge in [-0.3, -0.25) is 9.98 Å². The fraction of sp³-hybridized carbons (Fsp3) is 0.222. The Morgan fingerprint density at radius 3 is 1.50 bits per heavy atom. The minimum atomic E-state index is 1.19. The predicted octanol–water partition coefficient (Wildman–Crippen LogP) is 5.18. The van der Waals surface area contributed by atoms with Gasteiger partial charge in [0.1, 0.15) is 0 Å². The number of fused-ring (bicyclic) bond motifs is 3. The average Bonchev–Trinajstić information content (AvgIpc) is 2.50. The minimum absolute atomic E-state index is 1.19. The molecule has 0 saturated heterocycles. The van der Waals surface area contributed by atoms with E-state index in [1.807, 2.05) is 48.1 Å². The van der Waals surface area contributed by atoms with Crippen molar-refractivity contribution in [2.24, 2.45) is 9.98 Å². The Bertz CT molecular complexity index is 725. The van der Waals surface area contributed by atoms with Crippen LogP contribution in [-0.2, 0) is 0 Å². The first-order valence-corrected chi connectivity index (χ1v) is 9.27. The van der Waals surface area contributed by atoms with E-state index in [-0.39, 0.29) is 0 Å². The molecule has 22 heavy (non-hydrogen) atoms. The minimum Gasteiger partial charge on any atom is -0.296 e. The standard InChI is InChI=1S/C18H18N2S2/c1-11-5-17-15(7-13(11)9-19-3)16-8-14(10-20-4)12(2)6-18(16)22-21-17/h5-10H,1-4H3. The van der Waals surface area contributed by atoms with Gasteiger partial charge in [-0.15, -0.1) is 0 Å². The molecule has 0 amide bonds. The van der Waals surface area contributed by atoms with Crippen LogP contribution in [0, 0.1) is 13.8 Å². The summed E-state index contributed by atoms with van der Waals surface area (Å²) in [6, 6.07) is 9.04. The highest BCUT2D eigenvalue weighted by atomic mass is 33.1. The van der Waals surface area contributed by atoms with Gasteiger partial charge in [0, 0.05) is 36.3 Å². The van der Waals surface area contributed by atoms with Crippen LogP contribution in [0.5, 0.6) is 0 Å². The highest BCUT2D eigenvalue weighted by molar-refractivity contribution is 8.76. The van der Waals surface area contributed by atoms with Crippen LogP contribution in [0.1, 0.15) is 22.3 Å². The van der Waals surface area contributed by atoms with Crippen molar-refractivity contribution in [2.75, 3.05) is 14.1 Å². The summed E-state index contributed by atoms with van der Waals surface area (Å²) in [5.41, 5.74) is 7.50. The maximum absolute atomic E-state index is 4.17. The largest absolute Gasteiger partial charge is 0.296 e. The monoisotopic (exact) mass is 326 g/mol. The number of hydrogen-bond acceptors (Lipinski definition) is 4. The highest BCUT2D eigenvalue weighted by Gasteiger charge is 2.20. The number of benzene rings is 2. The van der Waals surface area contributed by atoms with E-state index in [9.17, 15) is 0 Å². The summed E-state index contributed by atoms with van der Waals surface area (Å²) in [7, 11) is 7.31. The van der Waals surface area contributed by atoms with Crippen molar-refractivity contribution in [1.29, 1.82) is 0 Å². The van der Waals surface area contributed by atoms with E-state index < -0.39 is 0 Å². The van der Waals surface area contributed by atoms with E-state index in [4.69, 9.17) is 0 Å². The van der Waals surface area contributed by atoms with Crippen LogP contribution in [0.15, 0.2) is 44.0 Å². The lowest BCUT2D eigenvalue weighted by atomic mass is 9.96. The summed E-state index contributed by atoms with van der Waals surface area (Å²) < 4.78 is 0. The molecular formula is C18H18N2S2. The zero-order valence-corrected chi connectivity index (χ0v) is 14.8. The van der Waals surface area contributed by atoms with Gasteiger partial charge in [0.2, 0.25) is 0 Å². The molecule has 0 atom stereocenters. The Morgan fingerprint density at radius 1 is 0.727 bits per heavy atom. The quantitative estimate of drug-likeness (QED) is 0.561. The summed E-state index contributed by atoms with van der Waals surface area (Å²) in [6.45, 7) is 4.28. The van der Waals surface area contributed by atoms with Gasteiger partial charge in [0.25, 0.3) is 0 Å². The van der Waals surface area contributed by atoms with E-state index in [0.29, 0.717) is 0 Å². The molecule has 3 rings (SSSR count). The summed E-state index contributed by atoms with van der Waals surface area (Å²) in [5, 5.41) is 0. The zero-order chi connectivity index (χ0) is 15.7. The molecule has 0 saturated carbocycles. The second-order valence-electron chi connectivity index (χ2n) is 5.35. The van der Waals surface area contributed by atoms with Gasteiger partial charge in [-0.1, -0.05) is 21.6 Å². The lowest BCUT2D eigenvalue weighted by Gasteiger charge is -2.21.